The number of pyridine rings is 1. The zero-order chi connectivity index (χ0) is 14.7. The lowest BCUT2D eigenvalue weighted by Gasteiger charge is -2.11. The molecule has 0 fully saturated rings. The Bertz CT molecular complexity index is 621. The van der Waals surface area contributed by atoms with Gasteiger partial charge in [-0.25, -0.2) is 0 Å². The quantitative estimate of drug-likeness (QED) is 0.791. The van der Waals surface area contributed by atoms with Crippen LogP contribution in [0.1, 0.15) is 21.7 Å². The van der Waals surface area contributed by atoms with E-state index in [0.717, 1.165) is 12.1 Å². The van der Waals surface area contributed by atoms with Crippen LogP contribution in [0.3, 0.4) is 0 Å². The fourth-order valence-corrected chi connectivity index (χ4v) is 2.06. The molecule has 0 amide bonds. The van der Waals surface area contributed by atoms with E-state index in [1.54, 1.807) is 16.9 Å². The number of halogens is 1. The van der Waals surface area contributed by atoms with Crippen molar-refractivity contribution >= 4 is 17.4 Å². The van der Waals surface area contributed by atoms with Gasteiger partial charge in [0.25, 0.3) is 0 Å². The van der Waals surface area contributed by atoms with Crippen LogP contribution in [0.25, 0.3) is 0 Å². The Labute approximate surface area is 123 Å². The van der Waals surface area contributed by atoms with Crippen LogP contribution in [-0.2, 0) is 6.54 Å². The lowest BCUT2D eigenvalue weighted by molar-refractivity contribution is 0.102. The minimum absolute atomic E-state index is 0.199. The van der Waals surface area contributed by atoms with Crippen molar-refractivity contribution in [2.24, 2.45) is 0 Å². The van der Waals surface area contributed by atoms with Crippen LogP contribution in [0.5, 0.6) is 0 Å². The maximum Gasteiger partial charge on any atom is 0.230 e. The third-order valence-electron chi connectivity index (χ3n) is 2.92. The van der Waals surface area contributed by atoms with Gasteiger partial charge in [-0.05, 0) is 38.7 Å². The van der Waals surface area contributed by atoms with Gasteiger partial charge in [0.05, 0.1) is 17.8 Å². The number of carbonyl (C=O) groups excluding carboxylic acids is 1. The molecule has 0 aromatic carbocycles. The lowest BCUT2D eigenvalue weighted by atomic mass is 10.1. The predicted molar refractivity (Wildman–Crippen MR) is 78.2 cm³/mol. The molecular formula is C14H17ClN4O. The number of aromatic nitrogens is 3. The highest BCUT2D eigenvalue weighted by Gasteiger charge is 2.20. The Hall–Kier alpha value is -1.72. The molecule has 2 heterocycles. The van der Waals surface area contributed by atoms with Crippen molar-refractivity contribution in [2.75, 3.05) is 20.6 Å². The summed E-state index contributed by atoms with van der Waals surface area (Å²) in [6, 6.07) is 3.60. The van der Waals surface area contributed by atoms with Gasteiger partial charge < -0.3 is 4.90 Å². The molecule has 0 saturated heterocycles. The lowest BCUT2D eigenvalue weighted by Crippen LogP contribution is -2.22. The van der Waals surface area contributed by atoms with Gasteiger partial charge in [0.1, 0.15) is 11.4 Å². The van der Waals surface area contributed by atoms with E-state index < -0.39 is 0 Å². The molecule has 2 aromatic rings. The SMILES string of the molecule is Cc1ccnc(C(=O)c2c(Cl)cnn2CCN(C)C)c1. The van der Waals surface area contributed by atoms with Gasteiger partial charge in [-0.1, -0.05) is 11.6 Å². The second kappa shape index (κ2) is 6.15. The van der Waals surface area contributed by atoms with Crippen molar-refractivity contribution in [3.8, 4) is 0 Å². The second-order valence-corrected chi connectivity index (χ2v) is 5.32. The van der Waals surface area contributed by atoms with Crippen LogP contribution in [-0.4, -0.2) is 46.1 Å². The number of carbonyl (C=O) groups is 1. The van der Waals surface area contributed by atoms with Crippen LogP contribution in [0.15, 0.2) is 24.5 Å². The molecule has 0 N–H and O–H groups in total. The molecule has 0 aliphatic heterocycles. The fraction of sp³-hybridized carbons (Fsp3) is 0.357. The number of hydrogen-bond acceptors (Lipinski definition) is 4. The summed E-state index contributed by atoms with van der Waals surface area (Å²) >= 11 is 6.10. The zero-order valence-electron chi connectivity index (χ0n) is 11.8. The summed E-state index contributed by atoms with van der Waals surface area (Å²) in [5.74, 6) is -0.199. The molecule has 5 nitrogen and oxygen atoms in total. The van der Waals surface area contributed by atoms with Crippen molar-refractivity contribution in [3.05, 3.63) is 46.5 Å². The molecule has 2 rings (SSSR count). The first-order valence-electron chi connectivity index (χ1n) is 6.32. The Morgan fingerprint density at radius 2 is 2.20 bits per heavy atom. The Morgan fingerprint density at radius 1 is 1.45 bits per heavy atom. The zero-order valence-corrected chi connectivity index (χ0v) is 12.6. The van der Waals surface area contributed by atoms with Gasteiger partial charge in [0.2, 0.25) is 5.78 Å². The molecule has 6 heteroatoms. The van der Waals surface area contributed by atoms with Crippen molar-refractivity contribution in [1.82, 2.24) is 19.7 Å². The predicted octanol–water partition coefficient (Wildman–Crippen LogP) is 2.03. The molecular weight excluding hydrogens is 276 g/mol. The van der Waals surface area contributed by atoms with E-state index in [1.807, 2.05) is 32.0 Å². The first kappa shape index (κ1) is 14.7. The molecule has 0 radical (unpaired) electrons. The van der Waals surface area contributed by atoms with Gasteiger partial charge in [-0.2, -0.15) is 5.10 Å². The summed E-state index contributed by atoms with van der Waals surface area (Å²) < 4.78 is 1.63. The number of rotatable bonds is 5. The molecule has 0 aliphatic rings. The summed E-state index contributed by atoms with van der Waals surface area (Å²) in [5, 5.41) is 4.52. The molecule has 0 bridgehead atoms. The van der Waals surface area contributed by atoms with Crippen LogP contribution >= 0.6 is 11.6 Å². The first-order valence-corrected chi connectivity index (χ1v) is 6.70. The second-order valence-electron chi connectivity index (χ2n) is 4.92. The first-order chi connectivity index (χ1) is 9.49. The molecule has 2 aromatic heterocycles. The number of hydrogen-bond donors (Lipinski definition) is 0. The van der Waals surface area contributed by atoms with E-state index in [-0.39, 0.29) is 5.78 Å². The molecule has 0 spiro atoms. The molecule has 0 saturated carbocycles. The van der Waals surface area contributed by atoms with E-state index in [4.69, 9.17) is 11.6 Å². The van der Waals surface area contributed by atoms with Gasteiger partial charge in [-0.15, -0.1) is 0 Å². The average Bonchev–Trinajstić information content (AvgIpc) is 2.76. The highest BCUT2D eigenvalue weighted by molar-refractivity contribution is 6.34. The van der Waals surface area contributed by atoms with Gasteiger partial charge >= 0.3 is 0 Å². The summed E-state index contributed by atoms with van der Waals surface area (Å²) in [5.41, 5.74) is 1.77. The standard InChI is InChI=1S/C14H17ClN4O/c1-10-4-5-16-12(8-10)14(20)13-11(15)9-17-19(13)7-6-18(2)3/h4-5,8-9H,6-7H2,1-3H3. The third kappa shape index (κ3) is 3.23. The largest absolute Gasteiger partial charge is 0.308 e. The van der Waals surface area contributed by atoms with E-state index in [0.29, 0.717) is 23.0 Å². The van der Waals surface area contributed by atoms with Crippen molar-refractivity contribution in [3.63, 3.8) is 0 Å². The average molecular weight is 293 g/mol. The summed E-state index contributed by atoms with van der Waals surface area (Å²) in [4.78, 5) is 18.7. The minimum atomic E-state index is -0.199. The van der Waals surface area contributed by atoms with E-state index in [9.17, 15) is 4.79 Å². The maximum atomic E-state index is 12.5. The van der Waals surface area contributed by atoms with Gasteiger partial charge in [0, 0.05) is 12.7 Å². The Balaban J connectivity index is 2.32. The monoisotopic (exact) mass is 292 g/mol. The molecule has 0 aliphatic carbocycles. The van der Waals surface area contributed by atoms with Crippen LogP contribution in [0, 0.1) is 6.92 Å². The van der Waals surface area contributed by atoms with E-state index in [1.165, 1.54) is 6.20 Å². The number of ketones is 1. The number of aryl methyl sites for hydroxylation is 1. The molecule has 106 valence electrons. The van der Waals surface area contributed by atoms with Gasteiger partial charge in [0.15, 0.2) is 0 Å². The highest BCUT2D eigenvalue weighted by atomic mass is 35.5. The van der Waals surface area contributed by atoms with Crippen molar-refractivity contribution in [2.45, 2.75) is 13.5 Å². The van der Waals surface area contributed by atoms with Crippen molar-refractivity contribution in [1.29, 1.82) is 0 Å². The maximum absolute atomic E-state index is 12.5. The Morgan fingerprint density at radius 3 is 2.85 bits per heavy atom. The molecule has 0 atom stereocenters. The third-order valence-corrected chi connectivity index (χ3v) is 3.19. The van der Waals surface area contributed by atoms with Crippen molar-refractivity contribution < 1.29 is 4.79 Å². The molecule has 0 unspecified atom stereocenters. The summed E-state index contributed by atoms with van der Waals surface area (Å²) in [6.07, 6.45) is 3.12. The van der Waals surface area contributed by atoms with E-state index >= 15 is 0 Å². The number of likely N-dealkylation sites (N-methyl/N-ethyl adjacent to an activating group) is 1. The highest BCUT2D eigenvalue weighted by Crippen LogP contribution is 2.19. The minimum Gasteiger partial charge on any atom is -0.308 e. The topological polar surface area (TPSA) is 51.0 Å². The normalized spacial score (nSPS) is 11.1. The molecule has 20 heavy (non-hydrogen) atoms. The van der Waals surface area contributed by atoms with Gasteiger partial charge in [-0.3, -0.25) is 14.5 Å². The van der Waals surface area contributed by atoms with Crippen LogP contribution in [0.2, 0.25) is 5.02 Å². The Kier molecular flexibility index (Phi) is 4.52. The van der Waals surface area contributed by atoms with E-state index in [2.05, 4.69) is 10.1 Å². The fourth-order valence-electron chi connectivity index (χ4n) is 1.83. The number of nitrogens with zero attached hydrogens (tertiary/aromatic N) is 4. The summed E-state index contributed by atoms with van der Waals surface area (Å²) in [6.45, 7) is 3.30. The van der Waals surface area contributed by atoms with Crippen LogP contribution in [0.4, 0.5) is 0 Å². The smallest absolute Gasteiger partial charge is 0.230 e. The summed E-state index contributed by atoms with van der Waals surface area (Å²) in [7, 11) is 3.93. The van der Waals surface area contributed by atoms with Crippen LogP contribution < -0.4 is 0 Å².